The van der Waals surface area contributed by atoms with Gasteiger partial charge in [-0.1, -0.05) is 23.7 Å². The van der Waals surface area contributed by atoms with E-state index >= 15 is 0 Å². The molecule has 114 valence electrons. The molecular formula is C16H15ClN2O2S. The number of aryl methyl sites for hydroxylation is 1. The Morgan fingerprint density at radius 3 is 2.82 bits per heavy atom. The van der Waals surface area contributed by atoms with Crippen LogP contribution in [-0.2, 0) is 4.79 Å². The second-order valence-electron chi connectivity index (χ2n) is 5.19. The van der Waals surface area contributed by atoms with E-state index in [0.29, 0.717) is 28.6 Å². The van der Waals surface area contributed by atoms with E-state index in [1.54, 1.807) is 11.0 Å². The number of nitrogens with zero attached hydrogens (tertiary/aromatic N) is 1. The third-order valence-electron chi connectivity index (χ3n) is 3.72. The first kappa shape index (κ1) is 15.1. The van der Waals surface area contributed by atoms with Gasteiger partial charge in [0.25, 0.3) is 5.91 Å². The molecule has 0 bridgehead atoms. The van der Waals surface area contributed by atoms with Crippen LogP contribution in [0.25, 0.3) is 0 Å². The molecule has 1 N–H and O–H groups in total. The number of anilines is 1. The Bertz CT molecular complexity index is 728. The van der Waals surface area contributed by atoms with Crippen molar-refractivity contribution in [3.63, 3.8) is 0 Å². The topological polar surface area (TPSA) is 49.4 Å². The highest BCUT2D eigenvalue weighted by molar-refractivity contribution is 7.12. The molecule has 2 amide bonds. The average molecular weight is 335 g/mol. The molecule has 2 aromatic rings. The van der Waals surface area contributed by atoms with Crippen LogP contribution in [0.4, 0.5) is 5.69 Å². The summed E-state index contributed by atoms with van der Waals surface area (Å²) in [4.78, 5) is 27.0. The second kappa shape index (κ2) is 6.10. The minimum Gasteiger partial charge on any atom is -0.339 e. The Morgan fingerprint density at radius 1 is 1.36 bits per heavy atom. The third kappa shape index (κ3) is 2.74. The fourth-order valence-corrected chi connectivity index (χ4v) is 3.62. The number of benzene rings is 1. The van der Waals surface area contributed by atoms with E-state index in [2.05, 4.69) is 5.32 Å². The van der Waals surface area contributed by atoms with Gasteiger partial charge in [0.1, 0.15) is 6.04 Å². The quantitative estimate of drug-likeness (QED) is 0.936. The zero-order valence-electron chi connectivity index (χ0n) is 12.0. The highest BCUT2D eigenvalue weighted by Gasteiger charge is 2.34. The Balaban J connectivity index is 1.73. The van der Waals surface area contributed by atoms with E-state index in [1.165, 1.54) is 11.3 Å². The predicted octanol–water partition coefficient (Wildman–Crippen LogP) is 3.25. The first-order chi connectivity index (χ1) is 10.6. The Kier molecular flexibility index (Phi) is 4.18. The van der Waals surface area contributed by atoms with Crippen molar-refractivity contribution in [3.8, 4) is 0 Å². The van der Waals surface area contributed by atoms with Gasteiger partial charge in [-0.05, 0) is 42.5 Å². The minimum absolute atomic E-state index is 0.115. The number of hydrogen-bond acceptors (Lipinski definition) is 3. The van der Waals surface area contributed by atoms with Gasteiger partial charge in [-0.2, -0.15) is 0 Å². The predicted molar refractivity (Wildman–Crippen MR) is 88.7 cm³/mol. The maximum atomic E-state index is 12.5. The van der Waals surface area contributed by atoms with Gasteiger partial charge in [0.05, 0.1) is 15.6 Å². The van der Waals surface area contributed by atoms with Crippen LogP contribution in [0.2, 0.25) is 5.02 Å². The number of rotatable bonds is 3. The van der Waals surface area contributed by atoms with Crippen molar-refractivity contribution in [2.75, 3.05) is 11.4 Å². The van der Waals surface area contributed by atoms with Gasteiger partial charge in [-0.15, -0.1) is 11.3 Å². The maximum Gasteiger partial charge on any atom is 0.262 e. The molecule has 2 heterocycles. The molecule has 1 saturated heterocycles. The number of nitrogens with one attached hydrogen (secondary N) is 1. The lowest BCUT2D eigenvalue weighted by atomic mass is 10.2. The second-order valence-corrected chi connectivity index (χ2v) is 6.51. The number of halogens is 1. The summed E-state index contributed by atoms with van der Waals surface area (Å²) in [7, 11) is 0. The highest BCUT2D eigenvalue weighted by atomic mass is 35.5. The monoisotopic (exact) mass is 334 g/mol. The van der Waals surface area contributed by atoms with E-state index in [1.807, 2.05) is 36.6 Å². The molecule has 4 nitrogen and oxygen atoms in total. The van der Waals surface area contributed by atoms with Gasteiger partial charge in [0.15, 0.2) is 0 Å². The van der Waals surface area contributed by atoms with Crippen LogP contribution < -0.4 is 10.2 Å². The molecule has 0 radical (unpaired) electrons. The summed E-state index contributed by atoms with van der Waals surface area (Å²) in [6.07, 6.45) is 0.584. The number of para-hydroxylation sites is 1. The van der Waals surface area contributed by atoms with Crippen molar-refractivity contribution >= 4 is 40.4 Å². The average Bonchev–Trinajstić information content (AvgIpc) is 3.07. The van der Waals surface area contributed by atoms with E-state index < -0.39 is 6.04 Å². The van der Waals surface area contributed by atoms with Gasteiger partial charge in [-0.3, -0.25) is 9.59 Å². The molecule has 1 unspecified atom stereocenters. The molecule has 1 aromatic carbocycles. The molecule has 0 aliphatic carbocycles. The zero-order valence-corrected chi connectivity index (χ0v) is 13.6. The van der Waals surface area contributed by atoms with Crippen LogP contribution in [0, 0.1) is 6.92 Å². The van der Waals surface area contributed by atoms with E-state index in [4.69, 9.17) is 11.6 Å². The third-order valence-corrected chi connectivity index (χ3v) is 5.06. The first-order valence-corrected chi connectivity index (χ1v) is 8.24. The lowest BCUT2D eigenvalue weighted by molar-refractivity contribution is -0.118. The van der Waals surface area contributed by atoms with Crippen molar-refractivity contribution in [2.24, 2.45) is 0 Å². The van der Waals surface area contributed by atoms with Crippen LogP contribution in [0.5, 0.6) is 0 Å². The summed E-state index contributed by atoms with van der Waals surface area (Å²) in [5, 5.41) is 5.24. The van der Waals surface area contributed by atoms with Crippen LogP contribution in [0.3, 0.4) is 0 Å². The van der Waals surface area contributed by atoms with Gasteiger partial charge in [0.2, 0.25) is 5.91 Å². The van der Waals surface area contributed by atoms with Crippen LogP contribution in [0.15, 0.2) is 35.7 Å². The fraction of sp³-hybridized carbons (Fsp3) is 0.250. The van der Waals surface area contributed by atoms with Crippen molar-refractivity contribution in [3.05, 3.63) is 51.2 Å². The number of carbonyl (C=O) groups excluding carboxylic acids is 2. The number of thiophene rings is 1. The molecule has 6 heteroatoms. The standard InChI is InChI=1S/C16H15ClN2O2S/c1-10-7-9-22-14(10)15(20)18-12-6-8-19(16(12)21)13-5-3-2-4-11(13)17/h2-5,7,9,12H,6,8H2,1H3,(H,18,20). The lowest BCUT2D eigenvalue weighted by Gasteiger charge is -2.18. The van der Waals surface area contributed by atoms with Gasteiger partial charge in [0, 0.05) is 6.54 Å². The van der Waals surface area contributed by atoms with Gasteiger partial charge >= 0.3 is 0 Å². The first-order valence-electron chi connectivity index (χ1n) is 6.99. The molecule has 1 aromatic heterocycles. The summed E-state index contributed by atoms with van der Waals surface area (Å²) in [6.45, 7) is 2.44. The van der Waals surface area contributed by atoms with E-state index in [0.717, 1.165) is 5.56 Å². The van der Waals surface area contributed by atoms with Crippen LogP contribution >= 0.6 is 22.9 Å². The van der Waals surface area contributed by atoms with Gasteiger partial charge in [-0.25, -0.2) is 0 Å². The van der Waals surface area contributed by atoms with Crippen LogP contribution in [-0.4, -0.2) is 24.4 Å². The molecular weight excluding hydrogens is 320 g/mol. The largest absolute Gasteiger partial charge is 0.339 e. The summed E-state index contributed by atoms with van der Waals surface area (Å²) < 4.78 is 0. The van der Waals surface area contributed by atoms with Crippen LogP contribution in [0.1, 0.15) is 21.7 Å². The molecule has 1 aliphatic rings. The van der Waals surface area contributed by atoms with E-state index in [-0.39, 0.29) is 11.8 Å². The Morgan fingerprint density at radius 2 is 2.14 bits per heavy atom. The Labute approximate surface area is 137 Å². The minimum atomic E-state index is -0.495. The molecule has 22 heavy (non-hydrogen) atoms. The SMILES string of the molecule is Cc1ccsc1C(=O)NC1CCN(c2ccccc2Cl)C1=O. The lowest BCUT2D eigenvalue weighted by Crippen LogP contribution is -2.41. The summed E-state index contributed by atoms with van der Waals surface area (Å²) in [5.41, 5.74) is 1.62. The number of carbonyl (C=O) groups is 2. The smallest absolute Gasteiger partial charge is 0.262 e. The van der Waals surface area contributed by atoms with E-state index in [9.17, 15) is 9.59 Å². The maximum absolute atomic E-state index is 12.5. The molecule has 1 atom stereocenters. The fourth-order valence-electron chi connectivity index (χ4n) is 2.55. The normalized spacial score (nSPS) is 17.8. The Hall–Kier alpha value is -1.85. The number of hydrogen-bond donors (Lipinski definition) is 1. The summed E-state index contributed by atoms with van der Waals surface area (Å²) >= 11 is 7.53. The van der Waals surface area contributed by atoms with Crippen molar-refractivity contribution < 1.29 is 9.59 Å². The van der Waals surface area contributed by atoms with Crippen molar-refractivity contribution in [1.29, 1.82) is 0 Å². The zero-order chi connectivity index (χ0) is 15.7. The highest BCUT2D eigenvalue weighted by Crippen LogP contribution is 2.29. The van der Waals surface area contributed by atoms with Crippen molar-refractivity contribution in [2.45, 2.75) is 19.4 Å². The molecule has 1 aliphatic heterocycles. The molecule has 3 rings (SSSR count). The summed E-state index contributed by atoms with van der Waals surface area (Å²) in [5.74, 6) is -0.303. The molecule has 0 spiro atoms. The van der Waals surface area contributed by atoms with Gasteiger partial charge < -0.3 is 10.2 Å². The summed E-state index contributed by atoms with van der Waals surface area (Å²) in [6, 6.07) is 8.64. The molecule has 0 saturated carbocycles. The molecule has 1 fully saturated rings. The van der Waals surface area contributed by atoms with Crippen molar-refractivity contribution in [1.82, 2.24) is 5.32 Å². The number of amides is 2.